The van der Waals surface area contributed by atoms with Crippen LogP contribution in [0.3, 0.4) is 0 Å². The monoisotopic (exact) mass is 489 g/mol. The average molecular weight is 490 g/mol. The lowest BCUT2D eigenvalue weighted by atomic mass is 9.67. The van der Waals surface area contributed by atoms with Crippen LogP contribution >= 0.6 is 0 Å². The number of anilines is 2. The highest BCUT2D eigenvalue weighted by atomic mass is 15.3. The summed E-state index contributed by atoms with van der Waals surface area (Å²) in [7, 11) is 0. The van der Waals surface area contributed by atoms with Crippen molar-refractivity contribution in [3.8, 4) is 0 Å². The maximum absolute atomic E-state index is 5.08. The van der Waals surface area contributed by atoms with E-state index in [0.717, 1.165) is 55.7 Å². The van der Waals surface area contributed by atoms with Gasteiger partial charge in [-0.1, -0.05) is 51.5 Å². The molecule has 5 nitrogen and oxygen atoms in total. The number of piperidine rings is 1. The standard InChI is InChI=1S/C31H47N5/c1-7-22(3)28-17-33-30(34-29(28)32-16-24-11-10-21(2)13-23(24)4)36-19-26(20-36)25-9-8-12-35(18-25)27-14-31(5,6)15-27/h10-11,13,17,22,25-27H,7-9,12,14-16,18-20H2,1-6H3,(H,32,33,34)/t22?,25-/m0/s1. The van der Waals surface area contributed by atoms with Crippen molar-refractivity contribution in [1.82, 2.24) is 14.9 Å². The Hall–Kier alpha value is -2.14. The normalized spacial score (nSPS) is 23.7. The maximum atomic E-state index is 5.08. The first kappa shape index (κ1) is 25.5. The van der Waals surface area contributed by atoms with E-state index in [1.165, 1.54) is 61.0 Å². The molecule has 2 atom stereocenters. The Bertz CT molecular complexity index is 1050. The number of aryl methyl sites for hydroxylation is 2. The number of hydrogen-bond donors (Lipinski definition) is 1. The molecule has 3 heterocycles. The van der Waals surface area contributed by atoms with Crippen molar-refractivity contribution in [2.24, 2.45) is 17.3 Å². The molecule has 3 aliphatic rings. The molecule has 0 amide bonds. The number of rotatable bonds is 8. The Labute approximate surface area is 219 Å². The quantitative estimate of drug-likeness (QED) is 0.455. The minimum Gasteiger partial charge on any atom is -0.366 e. The fourth-order valence-electron chi connectivity index (χ4n) is 6.68. The van der Waals surface area contributed by atoms with E-state index in [9.17, 15) is 0 Å². The lowest BCUT2D eigenvalue weighted by molar-refractivity contribution is -0.00913. The molecule has 196 valence electrons. The van der Waals surface area contributed by atoms with Crippen LogP contribution in [-0.4, -0.2) is 47.1 Å². The molecule has 2 saturated heterocycles. The van der Waals surface area contributed by atoms with Gasteiger partial charge in [-0.05, 0) is 86.8 Å². The van der Waals surface area contributed by atoms with Gasteiger partial charge in [0.2, 0.25) is 5.95 Å². The fraction of sp³-hybridized carbons (Fsp3) is 0.677. The van der Waals surface area contributed by atoms with Gasteiger partial charge in [0.15, 0.2) is 0 Å². The number of likely N-dealkylation sites (tertiary alicyclic amines) is 1. The second-order valence-corrected chi connectivity index (χ2v) is 12.9. The highest BCUT2D eigenvalue weighted by Gasteiger charge is 2.43. The van der Waals surface area contributed by atoms with Crippen molar-refractivity contribution in [2.75, 3.05) is 36.4 Å². The van der Waals surface area contributed by atoms with Crippen LogP contribution in [0.15, 0.2) is 24.4 Å². The van der Waals surface area contributed by atoms with E-state index in [0.29, 0.717) is 11.3 Å². The van der Waals surface area contributed by atoms with Crippen LogP contribution in [0, 0.1) is 31.1 Å². The second-order valence-electron chi connectivity index (χ2n) is 12.9. The molecule has 1 unspecified atom stereocenters. The lowest BCUT2D eigenvalue weighted by Gasteiger charge is -2.53. The summed E-state index contributed by atoms with van der Waals surface area (Å²) < 4.78 is 0. The Balaban J connectivity index is 1.22. The minimum atomic E-state index is 0.439. The van der Waals surface area contributed by atoms with Crippen LogP contribution in [-0.2, 0) is 6.54 Å². The zero-order valence-corrected chi connectivity index (χ0v) is 23.5. The summed E-state index contributed by atoms with van der Waals surface area (Å²) in [6.45, 7) is 19.3. The largest absolute Gasteiger partial charge is 0.366 e. The fourth-order valence-corrected chi connectivity index (χ4v) is 6.68. The molecule has 3 fully saturated rings. The zero-order chi connectivity index (χ0) is 25.4. The number of nitrogens with one attached hydrogen (secondary N) is 1. The summed E-state index contributed by atoms with van der Waals surface area (Å²) in [4.78, 5) is 15.1. The highest BCUT2D eigenvalue weighted by Crippen LogP contribution is 2.44. The topological polar surface area (TPSA) is 44.3 Å². The molecular weight excluding hydrogens is 442 g/mol. The Morgan fingerprint density at radius 3 is 2.58 bits per heavy atom. The molecule has 0 bridgehead atoms. The van der Waals surface area contributed by atoms with Crippen molar-refractivity contribution in [3.05, 3.63) is 46.6 Å². The van der Waals surface area contributed by atoms with Gasteiger partial charge in [0, 0.05) is 44.0 Å². The summed E-state index contributed by atoms with van der Waals surface area (Å²) in [5.74, 6) is 3.96. The number of nitrogens with zero attached hydrogens (tertiary/aromatic N) is 4. The van der Waals surface area contributed by atoms with Gasteiger partial charge in [-0.2, -0.15) is 4.98 Å². The summed E-state index contributed by atoms with van der Waals surface area (Å²) in [6.07, 6.45) is 8.68. The summed E-state index contributed by atoms with van der Waals surface area (Å²) in [6, 6.07) is 7.53. The highest BCUT2D eigenvalue weighted by molar-refractivity contribution is 5.51. The van der Waals surface area contributed by atoms with E-state index < -0.39 is 0 Å². The van der Waals surface area contributed by atoms with E-state index >= 15 is 0 Å². The Morgan fingerprint density at radius 1 is 1.11 bits per heavy atom. The van der Waals surface area contributed by atoms with Gasteiger partial charge < -0.3 is 15.1 Å². The summed E-state index contributed by atoms with van der Waals surface area (Å²) in [5, 5.41) is 3.68. The summed E-state index contributed by atoms with van der Waals surface area (Å²) in [5.41, 5.74) is 5.77. The molecule has 5 heteroatoms. The van der Waals surface area contributed by atoms with Crippen molar-refractivity contribution in [1.29, 1.82) is 0 Å². The van der Waals surface area contributed by atoms with Gasteiger partial charge in [0.1, 0.15) is 5.82 Å². The van der Waals surface area contributed by atoms with Gasteiger partial charge in [-0.25, -0.2) is 4.98 Å². The summed E-state index contributed by atoms with van der Waals surface area (Å²) >= 11 is 0. The molecule has 1 saturated carbocycles. The molecule has 2 aliphatic heterocycles. The third kappa shape index (κ3) is 5.41. The van der Waals surface area contributed by atoms with E-state index in [-0.39, 0.29) is 0 Å². The number of benzene rings is 1. The molecule has 36 heavy (non-hydrogen) atoms. The van der Waals surface area contributed by atoms with Gasteiger partial charge in [-0.3, -0.25) is 0 Å². The van der Waals surface area contributed by atoms with Crippen molar-refractivity contribution >= 4 is 11.8 Å². The van der Waals surface area contributed by atoms with Crippen LogP contribution in [0.5, 0.6) is 0 Å². The molecule has 0 radical (unpaired) electrons. The molecule has 1 aromatic carbocycles. The van der Waals surface area contributed by atoms with Crippen LogP contribution in [0.2, 0.25) is 0 Å². The van der Waals surface area contributed by atoms with E-state index in [2.05, 4.69) is 81.1 Å². The SMILES string of the molecule is CCC(C)c1cnc(N2CC([C@H]3CCCN(C4CC(C)(C)C4)C3)C2)nc1NCc1ccc(C)cc1C. The molecule has 1 N–H and O–H groups in total. The van der Waals surface area contributed by atoms with Crippen molar-refractivity contribution in [3.63, 3.8) is 0 Å². The van der Waals surface area contributed by atoms with Gasteiger partial charge in [-0.15, -0.1) is 0 Å². The van der Waals surface area contributed by atoms with Gasteiger partial charge >= 0.3 is 0 Å². The minimum absolute atomic E-state index is 0.439. The van der Waals surface area contributed by atoms with Gasteiger partial charge in [0.05, 0.1) is 0 Å². The first-order valence-corrected chi connectivity index (χ1v) is 14.4. The molecular formula is C31H47N5. The van der Waals surface area contributed by atoms with Crippen LogP contribution < -0.4 is 10.2 Å². The van der Waals surface area contributed by atoms with Crippen molar-refractivity contribution < 1.29 is 0 Å². The van der Waals surface area contributed by atoms with E-state index in [4.69, 9.17) is 9.97 Å². The maximum Gasteiger partial charge on any atom is 0.227 e. The van der Waals surface area contributed by atoms with Crippen LogP contribution in [0.4, 0.5) is 11.8 Å². The number of hydrogen-bond acceptors (Lipinski definition) is 5. The third-order valence-corrected chi connectivity index (χ3v) is 9.33. The predicted molar refractivity (Wildman–Crippen MR) is 151 cm³/mol. The molecule has 1 aliphatic carbocycles. The molecule has 0 spiro atoms. The Kier molecular flexibility index (Phi) is 7.31. The van der Waals surface area contributed by atoms with Crippen molar-refractivity contribution in [2.45, 2.75) is 92.2 Å². The zero-order valence-electron chi connectivity index (χ0n) is 23.5. The predicted octanol–water partition coefficient (Wildman–Crippen LogP) is 6.56. The molecule has 1 aromatic heterocycles. The Morgan fingerprint density at radius 2 is 1.89 bits per heavy atom. The number of aromatic nitrogens is 2. The second kappa shape index (κ2) is 10.3. The third-order valence-electron chi connectivity index (χ3n) is 9.33. The first-order valence-electron chi connectivity index (χ1n) is 14.4. The average Bonchev–Trinajstić information content (AvgIpc) is 2.81. The van der Waals surface area contributed by atoms with E-state index in [1.807, 2.05) is 0 Å². The van der Waals surface area contributed by atoms with Crippen LogP contribution in [0.25, 0.3) is 0 Å². The molecule has 2 aromatic rings. The molecule has 5 rings (SSSR count). The van der Waals surface area contributed by atoms with E-state index in [1.54, 1.807) is 0 Å². The first-order chi connectivity index (χ1) is 17.2. The van der Waals surface area contributed by atoms with Gasteiger partial charge in [0.25, 0.3) is 0 Å². The van der Waals surface area contributed by atoms with Crippen LogP contribution in [0.1, 0.15) is 88.0 Å². The smallest absolute Gasteiger partial charge is 0.227 e. The lowest BCUT2D eigenvalue weighted by Crippen LogP contribution is -2.57.